The van der Waals surface area contributed by atoms with Crippen LogP contribution in [-0.2, 0) is 55.8 Å². The van der Waals surface area contributed by atoms with Crippen LogP contribution in [0.1, 0.15) is 329 Å². The highest BCUT2D eigenvalue weighted by atomic mass is 31.2. The summed E-state index contributed by atoms with van der Waals surface area (Å²) >= 11 is 0. The minimum absolute atomic E-state index is 0.0690. The summed E-state index contributed by atoms with van der Waals surface area (Å²) in [5.74, 6) is -1.63. The monoisotopic (exact) mass is 1590 g/mol. The molecule has 18 heteroatoms. The lowest BCUT2D eigenvalue weighted by Crippen LogP contribution is -2.30. The predicted molar refractivity (Wildman–Crippen MR) is 463 cm³/mol. The summed E-state index contributed by atoms with van der Waals surface area (Å²) in [7, 11) is -9.83. The quantitative estimate of drug-likeness (QED) is 0.0146. The smallest absolute Gasteiger partial charge is 0.463 e. The van der Waals surface area contributed by atoms with E-state index in [1.807, 2.05) is 0 Å². The van der Waals surface area contributed by atoms with E-state index in [-0.39, 0.29) is 19.3 Å². The van der Waals surface area contributed by atoms with E-state index in [1.54, 1.807) is 0 Å². The number of allylic oxidation sites excluding steroid dienone is 30. The molecule has 0 rings (SSSR count). The van der Waals surface area contributed by atoms with Gasteiger partial charge in [0.2, 0.25) is 0 Å². The summed E-state index contributed by atoms with van der Waals surface area (Å²) < 4.78 is 61.3. The van der Waals surface area contributed by atoms with Gasteiger partial charge in [0.25, 0.3) is 0 Å². The predicted octanol–water partition coefficient (Wildman–Crippen LogP) is 26.1. The van der Waals surface area contributed by atoms with Crippen molar-refractivity contribution in [2.24, 2.45) is 0 Å². The molecule has 0 spiro atoms. The molecule has 111 heavy (non-hydrogen) atoms. The van der Waals surface area contributed by atoms with Crippen molar-refractivity contribution < 1.29 is 75.8 Å². The zero-order chi connectivity index (χ0) is 80.8. The zero-order valence-corrected chi connectivity index (χ0v) is 71.1. The molecule has 0 saturated heterocycles. The van der Waals surface area contributed by atoms with E-state index in [0.717, 1.165) is 167 Å². The molecule has 0 aromatic carbocycles. The molecular formula is C93H154O16P2. The first-order valence-electron chi connectivity index (χ1n) is 43.1. The Kier molecular flexibility index (Phi) is 80.0. The molecule has 632 valence electrons. The number of aliphatic hydroxyl groups is 2. The topological polar surface area (TPSA) is 231 Å². The summed E-state index contributed by atoms with van der Waals surface area (Å²) in [6.07, 6.45) is 109. The van der Waals surface area contributed by atoms with Gasteiger partial charge in [0.1, 0.15) is 25.4 Å². The van der Waals surface area contributed by atoms with Crippen molar-refractivity contribution in [2.45, 2.75) is 347 Å². The molecule has 0 aliphatic carbocycles. The van der Waals surface area contributed by atoms with Crippen LogP contribution in [0.3, 0.4) is 0 Å². The lowest BCUT2D eigenvalue weighted by Gasteiger charge is -2.21. The maximum absolute atomic E-state index is 13.0. The number of rotatable bonds is 80. The van der Waals surface area contributed by atoms with Crippen LogP contribution in [0.25, 0.3) is 0 Å². The molecule has 0 aromatic rings. The highest BCUT2D eigenvalue weighted by molar-refractivity contribution is 7.47. The number of aliphatic hydroxyl groups excluding tert-OH is 2. The zero-order valence-electron chi connectivity index (χ0n) is 69.3. The number of phosphoric acid groups is 2. The molecule has 5 unspecified atom stereocenters. The van der Waals surface area contributed by atoms with Crippen molar-refractivity contribution in [1.29, 1.82) is 0 Å². The van der Waals surface area contributed by atoms with E-state index in [9.17, 15) is 43.5 Å². The van der Waals surface area contributed by atoms with E-state index < -0.39 is 91.5 Å². The molecule has 0 amide bonds. The number of unbranched alkanes of at least 4 members (excludes halogenated alkanes) is 27. The Hall–Kier alpha value is -5.35. The van der Waals surface area contributed by atoms with Crippen LogP contribution in [0.15, 0.2) is 182 Å². The third-order valence-electron chi connectivity index (χ3n) is 17.6. The number of hydrogen-bond donors (Lipinski definition) is 4. The molecule has 0 heterocycles. The van der Waals surface area contributed by atoms with Crippen LogP contribution in [-0.4, -0.2) is 95.9 Å². The molecule has 16 nitrogen and oxygen atoms in total. The molecule has 0 radical (unpaired) electrons. The molecule has 0 fully saturated rings. The number of ether oxygens (including phenoxy) is 3. The molecule has 0 aliphatic rings. The lowest BCUT2D eigenvalue weighted by atomic mass is 10.0. The third kappa shape index (κ3) is 85.4. The van der Waals surface area contributed by atoms with Crippen molar-refractivity contribution in [3.63, 3.8) is 0 Å². The number of esters is 3. The van der Waals surface area contributed by atoms with Crippen LogP contribution >= 0.6 is 15.6 Å². The average Bonchev–Trinajstić information content (AvgIpc) is 0.902. The third-order valence-corrected chi connectivity index (χ3v) is 19.5. The molecule has 0 saturated carbocycles. The molecule has 0 bridgehead atoms. The summed E-state index contributed by atoms with van der Waals surface area (Å²) in [6.45, 7) is 2.38. The van der Waals surface area contributed by atoms with Crippen LogP contribution in [0.2, 0.25) is 0 Å². The normalized spacial score (nSPS) is 14.8. The van der Waals surface area contributed by atoms with E-state index in [4.69, 9.17) is 32.3 Å². The highest BCUT2D eigenvalue weighted by Crippen LogP contribution is 2.45. The fourth-order valence-electron chi connectivity index (χ4n) is 11.1. The first-order chi connectivity index (χ1) is 54.2. The SMILES string of the molecule is CC/C=C\C/C=C\C/C=C\C/C=C\C/C=C\C/C=C\CCCCCCC(=O)OCC(COP(=O)(O)OCC(O)COP(=O)(O)OCC(O)COC(=O)CCCCCCCCCCCCCCCCC/C=C\C/C=C\C/C=C\C/C=C\CCCCC)OC(=O)CCCCCCC/C=C\C/C=C\C/C=C\C/C=C\C/C=C\CC. The second-order valence-corrected chi connectivity index (χ2v) is 31.1. The van der Waals surface area contributed by atoms with Gasteiger partial charge in [-0.2, -0.15) is 0 Å². The van der Waals surface area contributed by atoms with Gasteiger partial charge in [-0.05, 0) is 161 Å². The lowest BCUT2D eigenvalue weighted by molar-refractivity contribution is -0.161. The Morgan fingerprint density at radius 3 is 0.757 bits per heavy atom. The first kappa shape index (κ1) is 106. The number of carbonyl (C=O) groups excluding carboxylic acids is 3. The standard InChI is InChI=1S/C93H154O16P2/c1-4-7-10-13-16-19-22-25-28-31-34-37-39-40-41-42-43-44-45-46-48-51-52-55-58-61-64-67-70-73-76-79-91(96)103-82-88(94)83-105-110(99,100)106-84-89(95)85-107-111(101,102)108-87-90(109-93(98)81-78-75-72-69-66-63-60-57-54-49-36-33-30-27-24-21-18-15-12-9-6-3)86-104-92(97)80-77-74-71-68-65-62-59-56-53-50-47-38-35-32-29-26-23-20-17-14-11-8-5-2/h8-9,11-12,16-21,25-30,34-38,40-41,49-50,53,57,59-60,62,88-90,94-95H,4-7,10,13-15,22-24,31-33,39,42-48,51-52,54-56,58,61,63-87H2,1-3H3,(H,99,100)(H,101,102)/b11-8-,12-9-,19-16-,20-17-,21-18-,28-25-,29-26-,30-27-,37-34-,38-35-,41-40-,49-36-,53-50-,60-57-,62-59-. The molecular weight excluding hydrogens is 1430 g/mol. The van der Waals surface area contributed by atoms with Crippen LogP contribution in [0.4, 0.5) is 0 Å². The van der Waals surface area contributed by atoms with Gasteiger partial charge in [-0.3, -0.25) is 32.5 Å². The Morgan fingerprint density at radius 1 is 0.261 bits per heavy atom. The number of phosphoric ester groups is 2. The van der Waals surface area contributed by atoms with Crippen LogP contribution in [0.5, 0.6) is 0 Å². The summed E-state index contributed by atoms with van der Waals surface area (Å²) in [5.41, 5.74) is 0. The largest absolute Gasteiger partial charge is 0.472 e. The maximum Gasteiger partial charge on any atom is 0.472 e. The Bertz CT molecular complexity index is 2750. The summed E-state index contributed by atoms with van der Waals surface area (Å²) in [5, 5.41) is 20.7. The molecule has 0 aromatic heterocycles. The number of hydrogen-bond acceptors (Lipinski definition) is 14. The second-order valence-electron chi connectivity index (χ2n) is 28.2. The number of carbonyl (C=O) groups is 3. The van der Waals surface area contributed by atoms with Crippen LogP contribution in [0, 0.1) is 0 Å². The highest BCUT2D eigenvalue weighted by Gasteiger charge is 2.29. The molecule has 5 atom stereocenters. The van der Waals surface area contributed by atoms with Crippen molar-refractivity contribution in [2.75, 3.05) is 39.6 Å². The van der Waals surface area contributed by atoms with Crippen LogP contribution < -0.4 is 0 Å². The van der Waals surface area contributed by atoms with Crippen molar-refractivity contribution >= 4 is 33.6 Å². The summed E-state index contributed by atoms with van der Waals surface area (Å²) in [6, 6.07) is 0. The van der Waals surface area contributed by atoms with Gasteiger partial charge in [0.05, 0.1) is 26.4 Å². The Balaban J connectivity index is 4.64. The van der Waals surface area contributed by atoms with Gasteiger partial charge in [0, 0.05) is 19.3 Å². The van der Waals surface area contributed by atoms with Crippen molar-refractivity contribution in [3.05, 3.63) is 182 Å². The second kappa shape index (κ2) is 84.1. The van der Waals surface area contributed by atoms with Gasteiger partial charge in [-0.1, -0.05) is 331 Å². The van der Waals surface area contributed by atoms with Gasteiger partial charge in [-0.25, -0.2) is 9.13 Å². The Morgan fingerprint density at radius 2 is 0.477 bits per heavy atom. The van der Waals surface area contributed by atoms with Crippen molar-refractivity contribution in [1.82, 2.24) is 0 Å². The van der Waals surface area contributed by atoms with Gasteiger partial charge in [0.15, 0.2) is 6.10 Å². The fraction of sp³-hybridized carbons (Fsp3) is 0.645. The minimum atomic E-state index is -4.96. The van der Waals surface area contributed by atoms with Crippen molar-refractivity contribution in [3.8, 4) is 0 Å². The van der Waals surface area contributed by atoms with Gasteiger partial charge in [-0.15, -0.1) is 0 Å². The van der Waals surface area contributed by atoms with Gasteiger partial charge < -0.3 is 34.2 Å². The van der Waals surface area contributed by atoms with E-state index >= 15 is 0 Å². The van der Waals surface area contributed by atoms with E-state index in [2.05, 4.69) is 203 Å². The van der Waals surface area contributed by atoms with E-state index in [0.29, 0.717) is 19.3 Å². The molecule has 4 N–H and O–H groups in total. The maximum atomic E-state index is 13.0. The summed E-state index contributed by atoms with van der Waals surface area (Å²) in [4.78, 5) is 58.9. The first-order valence-corrected chi connectivity index (χ1v) is 46.1. The average molecular weight is 1590 g/mol. The Labute approximate surface area is 675 Å². The minimum Gasteiger partial charge on any atom is -0.463 e. The molecule has 0 aliphatic heterocycles. The van der Waals surface area contributed by atoms with Gasteiger partial charge >= 0.3 is 33.6 Å². The fourth-order valence-corrected chi connectivity index (χ4v) is 12.7. The van der Waals surface area contributed by atoms with E-state index in [1.165, 1.54) is 103 Å².